The van der Waals surface area contributed by atoms with Gasteiger partial charge in [0.2, 0.25) is 0 Å². The van der Waals surface area contributed by atoms with Crippen molar-refractivity contribution in [2.75, 3.05) is 13.7 Å². The van der Waals surface area contributed by atoms with Gasteiger partial charge in [-0.15, -0.1) is 0 Å². The third-order valence-electron chi connectivity index (χ3n) is 2.91. The highest BCUT2D eigenvalue weighted by Gasteiger charge is 2.14. The van der Waals surface area contributed by atoms with E-state index < -0.39 is 5.97 Å². The van der Waals surface area contributed by atoms with E-state index in [0.29, 0.717) is 30.3 Å². The second kappa shape index (κ2) is 7.33. The molecule has 0 saturated carbocycles. The van der Waals surface area contributed by atoms with E-state index in [1.165, 1.54) is 7.11 Å². The van der Waals surface area contributed by atoms with Gasteiger partial charge in [-0.1, -0.05) is 30.3 Å². The standard InChI is InChI=1S/C17H18O4/c1-3-20-14-9-10-15(17(18)19-2)16(11-14)21-12-13-7-5-4-6-8-13/h4-11H,3,12H2,1-2H3. The van der Waals surface area contributed by atoms with Gasteiger partial charge in [0.25, 0.3) is 0 Å². The first-order valence-electron chi connectivity index (χ1n) is 6.76. The first kappa shape index (κ1) is 14.9. The lowest BCUT2D eigenvalue weighted by molar-refractivity contribution is 0.0595. The number of methoxy groups -OCH3 is 1. The highest BCUT2D eigenvalue weighted by atomic mass is 16.5. The Hall–Kier alpha value is -2.49. The maximum Gasteiger partial charge on any atom is 0.341 e. The summed E-state index contributed by atoms with van der Waals surface area (Å²) in [7, 11) is 1.35. The van der Waals surface area contributed by atoms with Crippen LogP contribution in [0, 0.1) is 0 Å². The largest absolute Gasteiger partial charge is 0.494 e. The number of esters is 1. The second-order valence-corrected chi connectivity index (χ2v) is 4.36. The molecule has 4 nitrogen and oxygen atoms in total. The number of hydrogen-bond donors (Lipinski definition) is 0. The lowest BCUT2D eigenvalue weighted by Crippen LogP contribution is -2.06. The molecular weight excluding hydrogens is 268 g/mol. The van der Waals surface area contributed by atoms with Crippen molar-refractivity contribution < 1.29 is 19.0 Å². The Balaban J connectivity index is 2.21. The van der Waals surface area contributed by atoms with Gasteiger partial charge in [0.1, 0.15) is 23.7 Å². The molecule has 21 heavy (non-hydrogen) atoms. The normalized spacial score (nSPS) is 10.0. The molecule has 0 bridgehead atoms. The van der Waals surface area contributed by atoms with Crippen molar-refractivity contribution in [1.29, 1.82) is 0 Å². The Morgan fingerprint density at radius 3 is 2.48 bits per heavy atom. The lowest BCUT2D eigenvalue weighted by Gasteiger charge is -2.12. The maximum absolute atomic E-state index is 11.8. The van der Waals surface area contributed by atoms with Crippen LogP contribution in [0.15, 0.2) is 48.5 Å². The van der Waals surface area contributed by atoms with E-state index in [0.717, 1.165) is 5.56 Å². The van der Waals surface area contributed by atoms with Crippen LogP contribution in [0.4, 0.5) is 0 Å². The van der Waals surface area contributed by atoms with Crippen molar-refractivity contribution in [3.05, 3.63) is 59.7 Å². The highest BCUT2D eigenvalue weighted by molar-refractivity contribution is 5.92. The lowest BCUT2D eigenvalue weighted by atomic mass is 10.2. The molecule has 4 heteroatoms. The first-order valence-corrected chi connectivity index (χ1v) is 6.76. The number of rotatable bonds is 6. The summed E-state index contributed by atoms with van der Waals surface area (Å²) in [6.45, 7) is 2.83. The molecular formula is C17H18O4. The molecule has 110 valence electrons. The molecule has 0 N–H and O–H groups in total. The van der Waals surface area contributed by atoms with E-state index in [4.69, 9.17) is 14.2 Å². The molecule has 0 aliphatic rings. The summed E-state index contributed by atoms with van der Waals surface area (Å²) < 4.78 is 16.0. The molecule has 0 fully saturated rings. The number of hydrogen-bond acceptors (Lipinski definition) is 4. The summed E-state index contributed by atoms with van der Waals surface area (Å²) in [5, 5.41) is 0. The van der Waals surface area contributed by atoms with Crippen molar-refractivity contribution in [3.8, 4) is 11.5 Å². The van der Waals surface area contributed by atoms with Gasteiger partial charge in [-0.05, 0) is 24.6 Å². The number of ether oxygens (including phenoxy) is 3. The van der Waals surface area contributed by atoms with Crippen LogP contribution in [0.5, 0.6) is 11.5 Å². The SMILES string of the molecule is CCOc1ccc(C(=O)OC)c(OCc2ccccc2)c1. The van der Waals surface area contributed by atoms with E-state index in [1.807, 2.05) is 37.3 Å². The second-order valence-electron chi connectivity index (χ2n) is 4.36. The number of carbonyl (C=O) groups excluding carboxylic acids is 1. The predicted octanol–water partition coefficient (Wildman–Crippen LogP) is 3.45. The van der Waals surface area contributed by atoms with Gasteiger partial charge in [-0.2, -0.15) is 0 Å². The Kier molecular flexibility index (Phi) is 5.21. The van der Waals surface area contributed by atoms with Crippen LogP contribution in [0.3, 0.4) is 0 Å². The molecule has 0 radical (unpaired) electrons. The van der Waals surface area contributed by atoms with Crippen molar-refractivity contribution in [3.63, 3.8) is 0 Å². The van der Waals surface area contributed by atoms with Gasteiger partial charge >= 0.3 is 5.97 Å². The molecule has 0 unspecified atom stereocenters. The Morgan fingerprint density at radius 2 is 1.81 bits per heavy atom. The van der Waals surface area contributed by atoms with Gasteiger partial charge in [0.15, 0.2) is 0 Å². The Morgan fingerprint density at radius 1 is 1.05 bits per heavy atom. The summed E-state index contributed by atoms with van der Waals surface area (Å²) in [5.41, 5.74) is 1.41. The average Bonchev–Trinajstić information content (AvgIpc) is 2.53. The molecule has 0 saturated heterocycles. The molecule has 0 atom stereocenters. The van der Waals surface area contributed by atoms with Crippen molar-refractivity contribution in [2.24, 2.45) is 0 Å². The van der Waals surface area contributed by atoms with Gasteiger partial charge < -0.3 is 14.2 Å². The smallest absolute Gasteiger partial charge is 0.341 e. The molecule has 0 amide bonds. The molecule has 2 rings (SSSR count). The third kappa shape index (κ3) is 3.99. The van der Waals surface area contributed by atoms with Gasteiger partial charge in [0, 0.05) is 6.07 Å². The summed E-state index contributed by atoms with van der Waals surface area (Å²) in [6, 6.07) is 14.8. The Labute approximate surface area is 124 Å². The minimum Gasteiger partial charge on any atom is -0.494 e. The minimum absolute atomic E-state index is 0.375. The fraction of sp³-hybridized carbons (Fsp3) is 0.235. The summed E-state index contributed by atoms with van der Waals surface area (Å²) in [6.07, 6.45) is 0. The molecule has 2 aromatic carbocycles. The monoisotopic (exact) mass is 286 g/mol. The minimum atomic E-state index is -0.430. The zero-order valence-corrected chi connectivity index (χ0v) is 12.2. The molecule has 0 aromatic heterocycles. The topological polar surface area (TPSA) is 44.8 Å². The van der Waals surface area contributed by atoms with Gasteiger partial charge in [-0.3, -0.25) is 0 Å². The van der Waals surface area contributed by atoms with Gasteiger partial charge in [-0.25, -0.2) is 4.79 Å². The van der Waals surface area contributed by atoms with Crippen LogP contribution in [0.2, 0.25) is 0 Å². The Bertz CT molecular complexity index is 593. The van der Waals surface area contributed by atoms with E-state index in [2.05, 4.69) is 0 Å². The van der Waals surface area contributed by atoms with Crippen LogP contribution in [-0.2, 0) is 11.3 Å². The van der Waals surface area contributed by atoms with Crippen molar-refractivity contribution in [2.45, 2.75) is 13.5 Å². The quantitative estimate of drug-likeness (QED) is 0.763. The molecule has 0 spiro atoms. The fourth-order valence-corrected chi connectivity index (χ4v) is 1.89. The highest BCUT2D eigenvalue weighted by Crippen LogP contribution is 2.26. The van der Waals surface area contributed by atoms with E-state index in [1.54, 1.807) is 18.2 Å². The zero-order chi connectivity index (χ0) is 15.1. The van der Waals surface area contributed by atoms with Crippen LogP contribution in [-0.4, -0.2) is 19.7 Å². The van der Waals surface area contributed by atoms with E-state index >= 15 is 0 Å². The van der Waals surface area contributed by atoms with Crippen LogP contribution < -0.4 is 9.47 Å². The summed E-state index contributed by atoms with van der Waals surface area (Å²) in [5.74, 6) is 0.686. The zero-order valence-electron chi connectivity index (χ0n) is 12.2. The van der Waals surface area contributed by atoms with Crippen LogP contribution >= 0.6 is 0 Å². The average molecular weight is 286 g/mol. The summed E-state index contributed by atoms with van der Waals surface area (Å²) >= 11 is 0. The molecule has 0 aliphatic heterocycles. The van der Waals surface area contributed by atoms with Crippen molar-refractivity contribution in [1.82, 2.24) is 0 Å². The summed E-state index contributed by atoms with van der Waals surface area (Å²) in [4.78, 5) is 11.8. The van der Waals surface area contributed by atoms with E-state index in [-0.39, 0.29) is 0 Å². The van der Waals surface area contributed by atoms with E-state index in [9.17, 15) is 4.79 Å². The molecule has 0 heterocycles. The van der Waals surface area contributed by atoms with Crippen molar-refractivity contribution >= 4 is 5.97 Å². The fourth-order valence-electron chi connectivity index (χ4n) is 1.89. The maximum atomic E-state index is 11.8. The first-order chi connectivity index (χ1) is 10.2. The van der Waals surface area contributed by atoms with Gasteiger partial charge in [0.05, 0.1) is 13.7 Å². The molecule has 0 aliphatic carbocycles. The van der Waals surface area contributed by atoms with Crippen LogP contribution in [0.25, 0.3) is 0 Å². The number of carbonyl (C=O) groups is 1. The molecule has 2 aromatic rings. The number of benzene rings is 2. The third-order valence-corrected chi connectivity index (χ3v) is 2.91. The van der Waals surface area contributed by atoms with Crippen LogP contribution in [0.1, 0.15) is 22.8 Å². The predicted molar refractivity (Wildman–Crippen MR) is 79.7 cm³/mol.